The third-order valence-corrected chi connectivity index (χ3v) is 2.49. The number of nitrogens with zero attached hydrogens (tertiary/aromatic N) is 4. The maximum absolute atomic E-state index is 10.9. The minimum absolute atomic E-state index is 0.131. The summed E-state index contributed by atoms with van der Waals surface area (Å²) in [5.41, 5.74) is 6.06. The fourth-order valence-corrected chi connectivity index (χ4v) is 1.60. The summed E-state index contributed by atoms with van der Waals surface area (Å²) in [5.74, 6) is 1.23. The molecular formula is C11H10N6O. The normalized spacial score (nSPS) is 14.7. The molecule has 1 aliphatic heterocycles. The van der Waals surface area contributed by atoms with Crippen molar-refractivity contribution in [1.29, 1.82) is 0 Å². The van der Waals surface area contributed by atoms with Crippen LogP contribution in [0.2, 0.25) is 0 Å². The Kier molecular flexibility index (Phi) is 2.49. The van der Waals surface area contributed by atoms with Crippen LogP contribution in [0.5, 0.6) is 0 Å². The van der Waals surface area contributed by atoms with E-state index in [0.29, 0.717) is 5.84 Å². The van der Waals surface area contributed by atoms with Crippen molar-refractivity contribution in [3.63, 3.8) is 0 Å². The largest absolute Gasteiger partial charge is 0.291 e. The summed E-state index contributed by atoms with van der Waals surface area (Å²) in [6, 6.07) is 3.74. The average Bonchev–Trinajstić information content (AvgIpc) is 2.94. The first-order valence-electron chi connectivity index (χ1n) is 5.37. The third-order valence-electron chi connectivity index (χ3n) is 2.49. The van der Waals surface area contributed by atoms with Crippen molar-refractivity contribution in [2.75, 3.05) is 6.54 Å². The molecule has 0 spiro atoms. The average molecular weight is 242 g/mol. The number of carbonyl (C=O) groups excluding carboxylic acids is 1. The van der Waals surface area contributed by atoms with Gasteiger partial charge in [-0.15, -0.1) is 0 Å². The molecule has 7 nitrogen and oxygen atoms in total. The number of aliphatic imine (C=N–C) groups is 1. The van der Waals surface area contributed by atoms with Crippen LogP contribution in [0.25, 0.3) is 5.82 Å². The van der Waals surface area contributed by atoms with Gasteiger partial charge in [-0.1, -0.05) is 0 Å². The van der Waals surface area contributed by atoms with E-state index in [4.69, 9.17) is 0 Å². The summed E-state index contributed by atoms with van der Waals surface area (Å²) in [6.07, 6.45) is 6.88. The van der Waals surface area contributed by atoms with Crippen molar-refractivity contribution in [2.45, 2.75) is 0 Å². The molecule has 0 aromatic carbocycles. The summed E-state index contributed by atoms with van der Waals surface area (Å²) in [7, 11) is 0. The molecule has 0 saturated heterocycles. The van der Waals surface area contributed by atoms with E-state index in [9.17, 15) is 4.79 Å². The smallest absolute Gasteiger partial charge is 0.260 e. The zero-order chi connectivity index (χ0) is 12.4. The van der Waals surface area contributed by atoms with Gasteiger partial charge >= 0.3 is 0 Å². The van der Waals surface area contributed by atoms with Gasteiger partial charge in [0.1, 0.15) is 24.5 Å². The van der Waals surface area contributed by atoms with Gasteiger partial charge < -0.3 is 0 Å². The van der Waals surface area contributed by atoms with E-state index in [0.717, 1.165) is 11.4 Å². The van der Waals surface area contributed by atoms with Crippen LogP contribution in [-0.2, 0) is 4.79 Å². The zero-order valence-electron chi connectivity index (χ0n) is 9.37. The number of rotatable bonds is 2. The Morgan fingerprint density at radius 1 is 1.28 bits per heavy atom. The number of hydrazine groups is 1. The standard InChI is InChI=1S/C11H10N6O/c18-10-6-14-11(16-15-10)8-1-2-9(13-5-8)17-4-3-12-7-17/h1-5,7H,6H2,(H,14,16)(H,15,18). The first kappa shape index (κ1) is 10.5. The van der Waals surface area contributed by atoms with Crippen LogP contribution < -0.4 is 10.9 Å². The number of pyridine rings is 1. The highest BCUT2D eigenvalue weighted by Gasteiger charge is 2.11. The highest BCUT2D eigenvalue weighted by Crippen LogP contribution is 2.06. The Morgan fingerprint density at radius 2 is 2.22 bits per heavy atom. The molecule has 0 atom stereocenters. The number of hydrogen-bond acceptors (Lipinski definition) is 5. The van der Waals surface area contributed by atoms with E-state index in [1.807, 2.05) is 22.9 Å². The molecule has 1 aliphatic rings. The van der Waals surface area contributed by atoms with Crippen LogP contribution in [0, 0.1) is 0 Å². The predicted octanol–water partition coefficient (Wildman–Crippen LogP) is -0.352. The fraction of sp³-hybridized carbons (Fsp3) is 0.0909. The topological polar surface area (TPSA) is 84.2 Å². The van der Waals surface area contributed by atoms with E-state index >= 15 is 0 Å². The van der Waals surface area contributed by atoms with Gasteiger partial charge in [-0.2, -0.15) is 0 Å². The molecule has 1 amide bonds. The van der Waals surface area contributed by atoms with Crippen LogP contribution in [0.4, 0.5) is 0 Å². The van der Waals surface area contributed by atoms with Crippen molar-refractivity contribution in [3.05, 3.63) is 42.6 Å². The lowest BCUT2D eigenvalue weighted by Crippen LogP contribution is -2.47. The molecule has 3 rings (SSSR count). The molecule has 2 aromatic rings. The molecule has 3 heterocycles. The van der Waals surface area contributed by atoms with Gasteiger partial charge in [0, 0.05) is 24.2 Å². The van der Waals surface area contributed by atoms with Gasteiger partial charge in [-0.05, 0) is 12.1 Å². The number of hydrogen-bond donors (Lipinski definition) is 2. The summed E-state index contributed by atoms with van der Waals surface area (Å²) in [6.45, 7) is 0.131. The Bertz CT molecular complexity index is 587. The minimum atomic E-state index is -0.151. The Labute approximate surface area is 103 Å². The summed E-state index contributed by atoms with van der Waals surface area (Å²) < 4.78 is 1.81. The van der Waals surface area contributed by atoms with Gasteiger partial charge in [-0.25, -0.2) is 9.97 Å². The number of amides is 1. The van der Waals surface area contributed by atoms with Crippen LogP contribution >= 0.6 is 0 Å². The lowest BCUT2D eigenvalue weighted by Gasteiger charge is -2.15. The highest BCUT2D eigenvalue weighted by molar-refractivity contribution is 6.02. The zero-order valence-corrected chi connectivity index (χ0v) is 9.37. The molecule has 7 heteroatoms. The summed E-state index contributed by atoms with van der Waals surface area (Å²) >= 11 is 0. The third kappa shape index (κ3) is 1.93. The predicted molar refractivity (Wildman–Crippen MR) is 64.0 cm³/mol. The maximum Gasteiger partial charge on any atom is 0.260 e. The molecule has 0 radical (unpaired) electrons. The molecule has 0 saturated carbocycles. The molecule has 0 bridgehead atoms. The van der Waals surface area contributed by atoms with Gasteiger partial charge in [0.15, 0.2) is 0 Å². The number of imidazole rings is 1. The molecule has 2 aromatic heterocycles. The number of carbonyl (C=O) groups is 1. The second-order valence-electron chi connectivity index (χ2n) is 3.71. The van der Waals surface area contributed by atoms with Gasteiger partial charge in [-0.3, -0.25) is 25.2 Å². The van der Waals surface area contributed by atoms with E-state index in [1.165, 1.54) is 0 Å². The molecule has 90 valence electrons. The number of amidine groups is 1. The van der Waals surface area contributed by atoms with E-state index in [-0.39, 0.29) is 12.5 Å². The SMILES string of the molecule is O=C1CN=C(c2ccc(-n3ccnc3)nc2)NN1. The van der Waals surface area contributed by atoms with Gasteiger partial charge in [0.2, 0.25) is 0 Å². The monoisotopic (exact) mass is 242 g/mol. The minimum Gasteiger partial charge on any atom is -0.291 e. The van der Waals surface area contributed by atoms with Crippen LogP contribution in [0.15, 0.2) is 42.0 Å². The molecular weight excluding hydrogens is 232 g/mol. The van der Waals surface area contributed by atoms with Crippen LogP contribution in [-0.4, -0.2) is 32.8 Å². The maximum atomic E-state index is 10.9. The molecule has 0 aliphatic carbocycles. The molecule has 18 heavy (non-hydrogen) atoms. The molecule has 0 unspecified atom stereocenters. The summed E-state index contributed by atoms with van der Waals surface area (Å²) in [4.78, 5) is 23.3. The van der Waals surface area contributed by atoms with Crippen molar-refractivity contribution >= 4 is 11.7 Å². The van der Waals surface area contributed by atoms with Crippen molar-refractivity contribution in [3.8, 4) is 5.82 Å². The first-order valence-corrected chi connectivity index (χ1v) is 5.37. The molecule has 0 fully saturated rings. The Morgan fingerprint density at radius 3 is 2.83 bits per heavy atom. The Balaban J connectivity index is 1.85. The van der Waals surface area contributed by atoms with E-state index < -0.39 is 0 Å². The van der Waals surface area contributed by atoms with E-state index in [2.05, 4.69) is 25.8 Å². The molecule has 2 N–H and O–H groups in total. The quantitative estimate of drug-likeness (QED) is 0.753. The Hall–Kier alpha value is -2.70. The van der Waals surface area contributed by atoms with Crippen molar-refractivity contribution in [2.24, 2.45) is 4.99 Å². The van der Waals surface area contributed by atoms with Gasteiger partial charge in [0.05, 0.1) is 0 Å². The van der Waals surface area contributed by atoms with Crippen molar-refractivity contribution in [1.82, 2.24) is 25.4 Å². The lowest BCUT2D eigenvalue weighted by atomic mass is 10.2. The lowest BCUT2D eigenvalue weighted by molar-refractivity contribution is -0.120. The van der Waals surface area contributed by atoms with E-state index in [1.54, 1.807) is 18.7 Å². The van der Waals surface area contributed by atoms with Gasteiger partial charge in [0.25, 0.3) is 5.91 Å². The highest BCUT2D eigenvalue weighted by atomic mass is 16.2. The van der Waals surface area contributed by atoms with Crippen LogP contribution in [0.1, 0.15) is 5.56 Å². The second-order valence-corrected chi connectivity index (χ2v) is 3.71. The first-order chi connectivity index (χ1) is 8.83. The van der Waals surface area contributed by atoms with Crippen molar-refractivity contribution < 1.29 is 4.79 Å². The second kappa shape index (κ2) is 4.28. The number of aromatic nitrogens is 3. The van der Waals surface area contributed by atoms with Crippen LogP contribution in [0.3, 0.4) is 0 Å². The summed E-state index contributed by atoms with van der Waals surface area (Å²) in [5, 5.41) is 0. The number of nitrogens with one attached hydrogen (secondary N) is 2. The fourth-order valence-electron chi connectivity index (χ4n) is 1.60.